The van der Waals surface area contributed by atoms with Gasteiger partial charge in [-0.15, -0.1) is 0 Å². The van der Waals surface area contributed by atoms with Crippen molar-refractivity contribution in [2.45, 2.75) is 62.9 Å². The highest BCUT2D eigenvalue weighted by Gasteiger charge is 2.33. The SMILES string of the molecule is CC1(C)CCC(CN2CCN(c3ccc(C(=O)NS(=O)(=O)c4ccc(N[C@@H]5CCN(C(CF)CF)C5)c([N+](=O)[O-])c4)c(Oc4cccc5c4N=CC5)c3)CC2)=C(c2ccc(Cl)cc2)C1. The number of hydrogen-bond acceptors (Lipinski definition) is 11. The summed E-state index contributed by atoms with van der Waals surface area (Å²) in [4.78, 5) is 35.8. The van der Waals surface area contributed by atoms with E-state index in [0.29, 0.717) is 43.9 Å². The number of fused-ring (bicyclic) bond motifs is 1. The molecule has 64 heavy (non-hydrogen) atoms. The summed E-state index contributed by atoms with van der Waals surface area (Å²) in [6.07, 6.45) is 6.03. The lowest BCUT2D eigenvalue weighted by Gasteiger charge is -2.39. The highest BCUT2D eigenvalue weighted by molar-refractivity contribution is 7.90. The predicted molar refractivity (Wildman–Crippen MR) is 247 cm³/mol. The molecule has 3 heterocycles. The first-order valence-corrected chi connectivity index (χ1v) is 23.4. The maximum absolute atomic E-state index is 14.0. The fraction of sp³-hybridized carbons (Fsp3) is 0.404. The molecule has 1 amide bonds. The molecule has 8 rings (SSSR count). The number of amides is 1. The quantitative estimate of drug-likeness (QED) is 0.0874. The van der Waals surface area contributed by atoms with Crippen LogP contribution in [-0.2, 0) is 16.4 Å². The molecule has 4 aromatic rings. The molecule has 0 spiro atoms. The van der Waals surface area contributed by atoms with Gasteiger partial charge in [0.25, 0.3) is 21.6 Å². The van der Waals surface area contributed by atoms with Crippen molar-refractivity contribution in [3.63, 3.8) is 0 Å². The van der Waals surface area contributed by atoms with Gasteiger partial charge in [-0.05, 0) is 90.3 Å². The molecule has 13 nitrogen and oxygen atoms in total. The lowest BCUT2D eigenvalue weighted by Crippen LogP contribution is -2.47. The predicted octanol–water partition coefficient (Wildman–Crippen LogP) is 9.00. The maximum atomic E-state index is 14.0. The molecule has 1 aliphatic carbocycles. The van der Waals surface area contributed by atoms with Gasteiger partial charge in [-0.3, -0.25) is 29.7 Å². The fourth-order valence-electron chi connectivity index (χ4n) is 9.07. The minimum Gasteiger partial charge on any atom is -0.454 e. The molecular weight excluding hydrogens is 864 g/mol. The van der Waals surface area contributed by atoms with E-state index in [-0.39, 0.29) is 35.0 Å². The van der Waals surface area contributed by atoms with Crippen molar-refractivity contribution in [1.82, 2.24) is 14.5 Å². The Morgan fingerprint density at radius 1 is 1.00 bits per heavy atom. The molecule has 2 fully saturated rings. The van der Waals surface area contributed by atoms with Crippen LogP contribution in [0.1, 0.15) is 61.0 Å². The summed E-state index contributed by atoms with van der Waals surface area (Å²) in [5.74, 6) is -0.474. The van der Waals surface area contributed by atoms with Crippen molar-refractivity contribution in [3.8, 4) is 11.5 Å². The summed E-state index contributed by atoms with van der Waals surface area (Å²) in [5.41, 5.74) is 6.09. The Kier molecular flexibility index (Phi) is 13.4. The van der Waals surface area contributed by atoms with Crippen LogP contribution in [0.3, 0.4) is 0 Å². The lowest BCUT2D eigenvalue weighted by atomic mass is 9.72. The summed E-state index contributed by atoms with van der Waals surface area (Å²) in [7, 11) is -4.64. The van der Waals surface area contributed by atoms with E-state index in [1.54, 1.807) is 29.3 Å². The fourth-order valence-corrected chi connectivity index (χ4v) is 10.2. The first kappa shape index (κ1) is 45.2. The van der Waals surface area contributed by atoms with E-state index in [1.165, 1.54) is 34.9 Å². The first-order valence-electron chi connectivity index (χ1n) is 21.6. The lowest BCUT2D eigenvalue weighted by molar-refractivity contribution is -0.384. The number of rotatable bonds is 15. The number of ether oxygens (including phenoxy) is 1. The zero-order valence-corrected chi connectivity index (χ0v) is 37.4. The number of allylic oxidation sites excluding steroid dienone is 1. The van der Waals surface area contributed by atoms with E-state index in [1.807, 2.05) is 24.3 Å². The number of nitro groups is 1. The van der Waals surface area contributed by atoms with Gasteiger partial charge in [-0.25, -0.2) is 21.9 Å². The van der Waals surface area contributed by atoms with Crippen molar-refractivity contribution in [1.29, 1.82) is 0 Å². The summed E-state index contributed by atoms with van der Waals surface area (Å²) in [6, 6.07) is 20.7. The topological polar surface area (TPSA) is 150 Å². The number of halogens is 3. The van der Waals surface area contributed by atoms with E-state index in [9.17, 15) is 32.1 Å². The van der Waals surface area contributed by atoms with Gasteiger partial charge in [0, 0.05) is 87.3 Å². The van der Waals surface area contributed by atoms with E-state index in [4.69, 9.17) is 16.3 Å². The van der Waals surface area contributed by atoms with Gasteiger partial charge < -0.3 is 15.0 Å². The van der Waals surface area contributed by atoms with Crippen LogP contribution in [0.25, 0.3) is 5.57 Å². The third kappa shape index (κ3) is 10.1. The molecule has 17 heteroatoms. The number of sulfonamides is 1. The number of likely N-dealkylation sites (tertiary alicyclic amines) is 1. The third-order valence-corrected chi connectivity index (χ3v) is 14.3. The van der Waals surface area contributed by atoms with E-state index in [0.717, 1.165) is 61.2 Å². The number of carbonyl (C=O) groups is 1. The summed E-state index contributed by atoms with van der Waals surface area (Å²) >= 11 is 6.24. The van der Waals surface area contributed by atoms with E-state index in [2.05, 4.69) is 50.8 Å². The van der Waals surface area contributed by atoms with Gasteiger partial charge in [0.05, 0.1) is 21.4 Å². The summed E-state index contributed by atoms with van der Waals surface area (Å²) < 4.78 is 62.6. The van der Waals surface area contributed by atoms with Gasteiger partial charge in [-0.1, -0.05) is 55.3 Å². The number of nitrogens with zero attached hydrogens (tertiary/aromatic N) is 5. The highest BCUT2D eigenvalue weighted by atomic mass is 35.5. The number of hydrogen-bond donors (Lipinski definition) is 2. The number of carbonyl (C=O) groups excluding carboxylic acids is 1. The zero-order valence-electron chi connectivity index (χ0n) is 35.9. The second-order valence-electron chi connectivity index (χ2n) is 17.7. The number of benzene rings is 4. The van der Waals surface area contributed by atoms with Crippen LogP contribution in [0.2, 0.25) is 5.02 Å². The third-order valence-electron chi connectivity index (χ3n) is 12.7. The van der Waals surface area contributed by atoms with Crippen LogP contribution < -0.4 is 19.7 Å². The van der Waals surface area contributed by atoms with Gasteiger partial charge in [0.15, 0.2) is 5.75 Å². The Morgan fingerprint density at radius 2 is 1.77 bits per heavy atom. The molecule has 0 aromatic heterocycles. The molecular formula is C47H52ClF2N7O6S. The minimum atomic E-state index is -4.64. The molecule has 2 saturated heterocycles. The number of aliphatic imine (C=N–C) groups is 1. The van der Waals surface area contributed by atoms with Crippen LogP contribution in [0.15, 0.2) is 94.3 Å². The molecule has 3 aliphatic heterocycles. The largest absolute Gasteiger partial charge is 0.454 e. The smallest absolute Gasteiger partial charge is 0.293 e. The number of para-hydroxylation sites is 1. The second-order valence-corrected chi connectivity index (χ2v) is 19.8. The van der Waals surface area contributed by atoms with Crippen molar-refractivity contribution in [2.75, 3.05) is 69.4 Å². The Balaban J connectivity index is 1.00. The van der Waals surface area contributed by atoms with Gasteiger partial charge in [0.1, 0.15) is 30.5 Å². The van der Waals surface area contributed by atoms with Crippen molar-refractivity contribution in [2.24, 2.45) is 10.4 Å². The van der Waals surface area contributed by atoms with Crippen LogP contribution in [0.5, 0.6) is 11.5 Å². The Bertz CT molecular complexity index is 2580. The number of piperazine rings is 1. The van der Waals surface area contributed by atoms with E-state index < -0.39 is 50.8 Å². The molecule has 0 radical (unpaired) electrons. The average Bonchev–Trinajstić information content (AvgIpc) is 3.96. The molecule has 2 N–H and O–H groups in total. The van der Waals surface area contributed by atoms with Crippen LogP contribution in [0.4, 0.5) is 31.5 Å². The van der Waals surface area contributed by atoms with Gasteiger partial charge in [-0.2, -0.15) is 0 Å². The number of anilines is 2. The molecule has 0 saturated carbocycles. The van der Waals surface area contributed by atoms with Crippen molar-refractivity contribution < 1.29 is 31.7 Å². The number of alkyl halides is 2. The highest BCUT2D eigenvalue weighted by Crippen LogP contribution is 2.44. The van der Waals surface area contributed by atoms with Gasteiger partial charge in [0.2, 0.25) is 0 Å². The zero-order chi connectivity index (χ0) is 45.2. The second kappa shape index (κ2) is 19.0. The Labute approximate surface area is 377 Å². The standard InChI is InChI=1S/C47H52ClF2N7O6S/c1-47(2)17-14-33(40(26-47)31-6-8-34(48)9-7-31)29-54-20-22-55(23-21-54)36-10-12-39(44(24-36)63-43-5-3-4-32-15-18-51-45(32)43)46(58)53-64(61,62)38-11-13-41(42(25-38)57(59)60)52-35-16-19-56(30-35)37(27-49)28-50/h3-13,18,24-25,35,37,52H,14-17,19-23,26-30H2,1-2H3,(H,53,58)/t35-/m1/s1. The molecule has 4 aromatic carbocycles. The van der Waals surface area contributed by atoms with Crippen molar-refractivity contribution >= 4 is 62.1 Å². The molecule has 4 aliphatic rings. The number of nitrogens with one attached hydrogen (secondary N) is 2. The van der Waals surface area contributed by atoms with Gasteiger partial charge >= 0.3 is 0 Å². The molecule has 0 bridgehead atoms. The Hall–Kier alpha value is -5.42. The average molecular weight is 916 g/mol. The first-order chi connectivity index (χ1) is 30.7. The minimum absolute atomic E-state index is 0.0436. The Morgan fingerprint density at radius 3 is 2.50 bits per heavy atom. The van der Waals surface area contributed by atoms with Crippen molar-refractivity contribution in [3.05, 3.63) is 116 Å². The van der Waals surface area contributed by atoms with Crippen LogP contribution in [0, 0.1) is 15.5 Å². The normalized spacial score (nSPS) is 19.0. The summed E-state index contributed by atoms with van der Waals surface area (Å²) in [5, 5.41) is 15.9. The maximum Gasteiger partial charge on any atom is 0.293 e. The molecule has 338 valence electrons. The van der Waals surface area contributed by atoms with Crippen LogP contribution >= 0.6 is 11.6 Å². The van der Waals surface area contributed by atoms with E-state index >= 15 is 0 Å². The summed E-state index contributed by atoms with van der Waals surface area (Å²) in [6.45, 7) is 7.48. The molecule has 1 atom stereocenters. The molecule has 0 unspecified atom stereocenters. The number of nitro benzene ring substituents is 1. The van der Waals surface area contributed by atoms with Crippen LogP contribution in [-0.4, -0.2) is 107 Å². The monoisotopic (exact) mass is 915 g/mol.